The summed E-state index contributed by atoms with van der Waals surface area (Å²) in [6.07, 6.45) is 2.14. The second kappa shape index (κ2) is 4.15. The summed E-state index contributed by atoms with van der Waals surface area (Å²) in [5.74, 6) is 0.143. The van der Waals surface area contributed by atoms with Gasteiger partial charge in [0.25, 0.3) is 0 Å². The minimum Gasteiger partial charge on any atom is -0.408 e. The summed E-state index contributed by atoms with van der Waals surface area (Å²) in [5, 5.41) is 20.6. The van der Waals surface area contributed by atoms with Gasteiger partial charge in [-0.2, -0.15) is 0 Å². The second-order valence-corrected chi connectivity index (χ2v) is 3.03. The van der Waals surface area contributed by atoms with Gasteiger partial charge in [-0.15, -0.1) is 0 Å². The van der Waals surface area contributed by atoms with E-state index in [0.29, 0.717) is 13.0 Å². The highest BCUT2D eigenvalue weighted by Gasteiger charge is 2.15. The number of nitrogens with two attached hydrogens (primary N) is 1. The molecule has 0 aromatic heterocycles. The van der Waals surface area contributed by atoms with Crippen molar-refractivity contribution < 1.29 is 10.3 Å². The average Bonchev–Trinajstić information content (AvgIpc) is 2.29. The maximum absolute atomic E-state index is 9.29. The molecule has 0 saturated carbocycles. The molecule has 1 rings (SSSR count). The minimum absolute atomic E-state index is 0.143. The normalized spacial score (nSPS) is 26.9. The summed E-state index contributed by atoms with van der Waals surface area (Å²) in [7, 11) is 0. The molecule has 1 saturated heterocycles. The maximum atomic E-state index is 9.29. The molecular formula is C7H15N3O2. The monoisotopic (exact) mass is 173 g/mol. The average molecular weight is 173 g/mol. The number of aliphatic hydroxyl groups is 1. The Morgan fingerprint density at radius 1 is 1.42 bits per heavy atom. The van der Waals surface area contributed by atoms with E-state index in [4.69, 9.17) is 10.9 Å². The molecule has 1 atom stereocenters. The van der Waals surface area contributed by atoms with E-state index in [1.165, 1.54) is 0 Å². The van der Waals surface area contributed by atoms with Crippen molar-refractivity contribution >= 4 is 5.96 Å². The van der Waals surface area contributed by atoms with Crippen molar-refractivity contribution in [1.82, 2.24) is 4.90 Å². The summed E-state index contributed by atoms with van der Waals surface area (Å²) >= 11 is 0. The number of oxime groups is 1. The molecule has 1 fully saturated rings. The van der Waals surface area contributed by atoms with E-state index in [0.717, 1.165) is 19.4 Å². The Labute approximate surface area is 71.5 Å². The number of nitrogens with zero attached hydrogens (tertiary/aromatic N) is 2. The summed E-state index contributed by atoms with van der Waals surface area (Å²) in [4.78, 5) is 1.77. The van der Waals surface area contributed by atoms with Gasteiger partial charge in [0.2, 0.25) is 5.96 Å². The van der Waals surface area contributed by atoms with Crippen LogP contribution in [0.1, 0.15) is 19.3 Å². The van der Waals surface area contributed by atoms with E-state index in [1.54, 1.807) is 4.90 Å². The lowest BCUT2D eigenvalue weighted by atomic mass is 10.2. The van der Waals surface area contributed by atoms with E-state index in [9.17, 15) is 5.11 Å². The van der Waals surface area contributed by atoms with Gasteiger partial charge in [-0.25, -0.2) is 0 Å². The zero-order chi connectivity index (χ0) is 8.97. The number of aliphatic hydroxyl groups excluding tert-OH is 1. The van der Waals surface area contributed by atoms with Crippen molar-refractivity contribution in [3.63, 3.8) is 0 Å². The number of guanidine groups is 1. The summed E-state index contributed by atoms with van der Waals surface area (Å²) in [5.41, 5.74) is 5.41. The van der Waals surface area contributed by atoms with Crippen LogP contribution in [0.15, 0.2) is 5.16 Å². The zero-order valence-corrected chi connectivity index (χ0v) is 6.98. The van der Waals surface area contributed by atoms with Gasteiger partial charge in [0.05, 0.1) is 6.10 Å². The highest BCUT2D eigenvalue weighted by atomic mass is 16.4. The molecule has 1 unspecified atom stereocenters. The smallest absolute Gasteiger partial charge is 0.233 e. The standard InChI is InChI=1S/C7H15N3O2/c8-7(9-12)10-4-1-2-6(11)3-5-10/h6,11-12H,1-5H2,(H2,8,9). The summed E-state index contributed by atoms with van der Waals surface area (Å²) in [6.45, 7) is 1.42. The molecule has 1 aliphatic heterocycles. The van der Waals surface area contributed by atoms with Crippen LogP contribution in [-0.2, 0) is 0 Å². The van der Waals surface area contributed by atoms with Gasteiger partial charge in [-0.1, -0.05) is 5.16 Å². The van der Waals surface area contributed by atoms with Crippen LogP contribution >= 0.6 is 0 Å². The fourth-order valence-electron chi connectivity index (χ4n) is 1.37. The minimum atomic E-state index is -0.235. The zero-order valence-electron chi connectivity index (χ0n) is 6.98. The highest BCUT2D eigenvalue weighted by molar-refractivity contribution is 5.77. The Hall–Kier alpha value is -0.970. The van der Waals surface area contributed by atoms with E-state index < -0.39 is 0 Å². The van der Waals surface area contributed by atoms with Gasteiger partial charge in [-0.3, -0.25) is 0 Å². The van der Waals surface area contributed by atoms with Crippen LogP contribution in [-0.4, -0.2) is 40.4 Å². The molecule has 1 aliphatic rings. The van der Waals surface area contributed by atoms with E-state index >= 15 is 0 Å². The van der Waals surface area contributed by atoms with Crippen molar-refractivity contribution in [2.24, 2.45) is 10.9 Å². The molecule has 0 amide bonds. The molecule has 0 aliphatic carbocycles. The Morgan fingerprint density at radius 2 is 2.17 bits per heavy atom. The van der Waals surface area contributed by atoms with Gasteiger partial charge in [0.15, 0.2) is 0 Å². The molecule has 0 aromatic carbocycles. The molecule has 4 N–H and O–H groups in total. The molecular weight excluding hydrogens is 158 g/mol. The molecule has 1 heterocycles. The third kappa shape index (κ3) is 2.27. The van der Waals surface area contributed by atoms with Crippen molar-refractivity contribution in [2.45, 2.75) is 25.4 Å². The molecule has 0 aromatic rings. The number of rotatable bonds is 0. The van der Waals surface area contributed by atoms with Gasteiger partial charge in [0, 0.05) is 13.1 Å². The quantitative estimate of drug-likeness (QED) is 0.200. The van der Waals surface area contributed by atoms with Crippen LogP contribution in [0.3, 0.4) is 0 Å². The molecule has 12 heavy (non-hydrogen) atoms. The van der Waals surface area contributed by atoms with Crippen LogP contribution in [0.2, 0.25) is 0 Å². The fraction of sp³-hybridized carbons (Fsp3) is 0.857. The van der Waals surface area contributed by atoms with Crippen LogP contribution in [0, 0.1) is 0 Å². The van der Waals surface area contributed by atoms with Crippen molar-refractivity contribution in [3.8, 4) is 0 Å². The molecule has 5 heteroatoms. The van der Waals surface area contributed by atoms with Crippen molar-refractivity contribution in [1.29, 1.82) is 0 Å². The van der Waals surface area contributed by atoms with Crippen molar-refractivity contribution in [2.75, 3.05) is 13.1 Å². The van der Waals surface area contributed by atoms with E-state index in [1.807, 2.05) is 0 Å². The maximum Gasteiger partial charge on any atom is 0.233 e. The highest BCUT2D eigenvalue weighted by Crippen LogP contribution is 2.09. The molecule has 5 nitrogen and oxygen atoms in total. The first-order valence-corrected chi connectivity index (χ1v) is 4.14. The third-order valence-corrected chi connectivity index (χ3v) is 2.12. The topological polar surface area (TPSA) is 82.1 Å². The Morgan fingerprint density at radius 3 is 2.83 bits per heavy atom. The SMILES string of the molecule is N/C(=N\O)N1CCCC(O)CC1. The molecule has 0 spiro atoms. The first kappa shape index (κ1) is 9.12. The van der Waals surface area contributed by atoms with Crippen LogP contribution in [0.25, 0.3) is 0 Å². The molecule has 70 valence electrons. The number of hydrogen-bond donors (Lipinski definition) is 3. The van der Waals surface area contributed by atoms with Gasteiger partial charge in [0.1, 0.15) is 0 Å². The van der Waals surface area contributed by atoms with Gasteiger partial charge >= 0.3 is 0 Å². The van der Waals surface area contributed by atoms with Crippen LogP contribution < -0.4 is 5.73 Å². The Kier molecular flexibility index (Phi) is 3.16. The Balaban J connectivity index is 2.46. The van der Waals surface area contributed by atoms with E-state index in [2.05, 4.69) is 5.16 Å². The summed E-state index contributed by atoms with van der Waals surface area (Å²) in [6, 6.07) is 0. The lowest BCUT2D eigenvalue weighted by molar-refractivity contribution is 0.158. The number of likely N-dealkylation sites (tertiary alicyclic amines) is 1. The van der Waals surface area contributed by atoms with Gasteiger partial charge < -0.3 is 20.9 Å². The molecule has 0 bridgehead atoms. The first-order valence-electron chi connectivity index (χ1n) is 4.14. The van der Waals surface area contributed by atoms with Crippen LogP contribution in [0.4, 0.5) is 0 Å². The lowest BCUT2D eigenvalue weighted by Gasteiger charge is -2.19. The van der Waals surface area contributed by atoms with Gasteiger partial charge in [-0.05, 0) is 19.3 Å². The number of hydrogen-bond acceptors (Lipinski definition) is 3. The molecule has 0 radical (unpaired) electrons. The predicted molar refractivity (Wildman–Crippen MR) is 44.8 cm³/mol. The van der Waals surface area contributed by atoms with E-state index in [-0.39, 0.29) is 12.1 Å². The van der Waals surface area contributed by atoms with Crippen molar-refractivity contribution in [3.05, 3.63) is 0 Å². The predicted octanol–water partition coefficient (Wildman–Crippen LogP) is -0.463. The van der Waals surface area contributed by atoms with Crippen LogP contribution in [0.5, 0.6) is 0 Å². The largest absolute Gasteiger partial charge is 0.408 e. The lowest BCUT2D eigenvalue weighted by Crippen LogP contribution is -2.38. The first-order chi connectivity index (χ1) is 5.74. The Bertz CT molecular complexity index is 172. The summed E-state index contributed by atoms with van der Waals surface area (Å²) < 4.78 is 0. The third-order valence-electron chi connectivity index (χ3n) is 2.12. The second-order valence-electron chi connectivity index (χ2n) is 3.03. The fourth-order valence-corrected chi connectivity index (χ4v) is 1.37.